The number of ether oxygens (including phenoxy) is 2. The van der Waals surface area contributed by atoms with Crippen LogP contribution in [-0.2, 0) is 9.53 Å². The van der Waals surface area contributed by atoms with E-state index in [1.165, 1.54) is 44.1 Å². The van der Waals surface area contributed by atoms with E-state index in [-0.39, 0.29) is 13.2 Å². The molecule has 1 aliphatic rings. The van der Waals surface area contributed by atoms with Crippen LogP contribution in [0.3, 0.4) is 0 Å². The molecule has 1 aromatic rings. The van der Waals surface area contributed by atoms with Crippen LogP contribution in [0.25, 0.3) is 0 Å². The minimum Gasteiger partial charge on any atom is -0.491 e. The first-order valence-corrected chi connectivity index (χ1v) is 9.32. The molecular weight excluding hydrogens is 316 g/mol. The summed E-state index contributed by atoms with van der Waals surface area (Å²) in [6.07, 6.45) is 8.11. The zero-order valence-electron chi connectivity index (χ0n) is 15.2. The molecule has 2 rings (SSSR count). The van der Waals surface area contributed by atoms with Gasteiger partial charge in [0.1, 0.15) is 25.1 Å². The molecule has 1 aromatic carbocycles. The standard InChI is InChI=1S/C21H30O4/c1-3-5-16-6-8-17(9-7-16)18-10-12-20(13-11-18)24-14-19(22)15-25-21(23)4-2/h4,10-13,16-17,19,22H,2-3,5-9,14-15H2,1H3. The van der Waals surface area contributed by atoms with Crippen molar-refractivity contribution in [2.45, 2.75) is 57.5 Å². The van der Waals surface area contributed by atoms with Gasteiger partial charge >= 0.3 is 5.97 Å². The number of hydrogen-bond donors (Lipinski definition) is 1. The summed E-state index contributed by atoms with van der Waals surface area (Å²) >= 11 is 0. The Morgan fingerprint density at radius 3 is 2.52 bits per heavy atom. The number of aliphatic hydroxyl groups excluding tert-OH is 1. The van der Waals surface area contributed by atoms with Gasteiger partial charge in [-0.25, -0.2) is 4.79 Å². The summed E-state index contributed by atoms with van der Waals surface area (Å²) in [6.45, 7) is 5.57. The first kappa shape index (κ1) is 19.5. The molecule has 0 spiro atoms. The minimum atomic E-state index is -0.850. The first-order chi connectivity index (χ1) is 12.1. The van der Waals surface area contributed by atoms with Crippen LogP contribution in [0.5, 0.6) is 5.75 Å². The van der Waals surface area contributed by atoms with Gasteiger partial charge in [0, 0.05) is 6.08 Å². The zero-order chi connectivity index (χ0) is 18.1. The lowest BCUT2D eigenvalue weighted by Crippen LogP contribution is -2.24. The number of carbonyl (C=O) groups is 1. The summed E-state index contributed by atoms with van der Waals surface area (Å²) < 4.78 is 10.3. The summed E-state index contributed by atoms with van der Waals surface area (Å²) in [4.78, 5) is 10.9. The van der Waals surface area contributed by atoms with Crippen molar-refractivity contribution in [1.29, 1.82) is 0 Å². The Labute approximate surface area is 150 Å². The highest BCUT2D eigenvalue weighted by Crippen LogP contribution is 2.37. The van der Waals surface area contributed by atoms with Gasteiger partial charge < -0.3 is 14.6 Å². The van der Waals surface area contributed by atoms with Crippen LogP contribution in [0, 0.1) is 5.92 Å². The molecule has 1 fully saturated rings. The van der Waals surface area contributed by atoms with Crippen molar-refractivity contribution >= 4 is 5.97 Å². The maximum atomic E-state index is 10.9. The number of hydrogen-bond acceptors (Lipinski definition) is 4. The van der Waals surface area contributed by atoms with Crippen LogP contribution >= 0.6 is 0 Å². The maximum Gasteiger partial charge on any atom is 0.330 e. The molecule has 1 saturated carbocycles. The Kier molecular flexibility index (Phi) is 7.99. The van der Waals surface area contributed by atoms with Crippen LogP contribution < -0.4 is 4.74 Å². The largest absolute Gasteiger partial charge is 0.491 e. The predicted octanol–water partition coefficient (Wildman–Crippen LogP) is 4.23. The molecule has 1 aliphatic carbocycles. The third kappa shape index (κ3) is 6.54. The topological polar surface area (TPSA) is 55.8 Å². The Morgan fingerprint density at radius 2 is 1.92 bits per heavy atom. The van der Waals surface area contributed by atoms with E-state index in [0.29, 0.717) is 5.92 Å². The molecule has 0 bridgehead atoms. The molecule has 0 aromatic heterocycles. The Hall–Kier alpha value is -1.81. The van der Waals surface area contributed by atoms with Gasteiger partial charge in [-0.15, -0.1) is 0 Å². The summed E-state index contributed by atoms with van der Waals surface area (Å²) in [5, 5.41) is 9.75. The monoisotopic (exact) mass is 346 g/mol. The molecule has 0 aliphatic heterocycles. The number of aliphatic hydroxyl groups is 1. The molecule has 1 atom stereocenters. The number of carbonyl (C=O) groups excluding carboxylic acids is 1. The third-order valence-corrected chi connectivity index (χ3v) is 4.92. The van der Waals surface area contributed by atoms with Crippen molar-refractivity contribution in [2.24, 2.45) is 5.92 Å². The lowest BCUT2D eigenvalue weighted by Gasteiger charge is -2.28. The van der Waals surface area contributed by atoms with Crippen molar-refractivity contribution in [3.63, 3.8) is 0 Å². The second-order valence-corrected chi connectivity index (χ2v) is 6.87. The number of esters is 1. The van der Waals surface area contributed by atoms with Crippen molar-refractivity contribution in [3.8, 4) is 5.75 Å². The molecule has 0 saturated heterocycles. The summed E-state index contributed by atoms with van der Waals surface area (Å²) in [7, 11) is 0. The van der Waals surface area contributed by atoms with Crippen LogP contribution in [0.4, 0.5) is 0 Å². The number of benzene rings is 1. The van der Waals surface area contributed by atoms with Gasteiger partial charge in [0.25, 0.3) is 0 Å². The Balaban J connectivity index is 1.74. The van der Waals surface area contributed by atoms with Gasteiger partial charge in [-0.2, -0.15) is 0 Å². The zero-order valence-corrected chi connectivity index (χ0v) is 15.2. The molecule has 0 heterocycles. The quantitative estimate of drug-likeness (QED) is 0.537. The minimum absolute atomic E-state index is 0.0892. The predicted molar refractivity (Wildman–Crippen MR) is 98.7 cm³/mol. The van der Waals surface area contributed by atoms with Gasteiger partial charge in [-0.1, -0.05) is 38.5 Å². The van der Waals surface area contributed by atoms with E-state index in [4.69, 9.17) is 9.47 Å². The van der Waals surface area contributed by atoms with Gasteiger partial charge in [-0.3, -0.25) is 0 Å². The molecular formula is C21H30O4. The van der Waals surface area contributed by atoms with Gasteiger partial charge in [0.05, 0.1) is 0 Å². The lowest BCUT2D eigenvalue weighted by molar-refractivity contribution is -0.141. The highest BCUT2D eigenvalue weighted by Gasteiger charge is 2.21. The Morgan fingerprint density at radius 1 is 1.24 bits per heavy atom. The van der Waals surface area contributed by atoms with Crippen molar-refractivity contribution < 1.29 is 19.4 Å². The SMILES string of the molecule is C=CC(=O)OCC(O)COc1ccc(C2CCC(CCC)CC2)cc1. The van der Waals surface area contributed by atoms with E-state index in [0.717, 1.165) is 17.7 Å². The summed E-state index contributed by atoms with van der Waals surface area (Å²) in [5.41, 5.74) is 1.38. The average Bonchev–Trinajstić information content (AvgIpc) is 2.65. The second kappa shape index (κ2) is 10.2. The second-order valence-electron chi connectivity index (χ2n) is 6.87. The van der Waals surface area contributed by atoms with Crippen molar-refractivity contribution in [1.82, 2.24) is 0 Å². The molecule has 1 unspecified atom stereocenters. The fourth-order valence-electron chi connectivity index (χ4n) is 3.51. The molecule has 0 radical (unpaired) electrons. The molecule has 1 N–H and O–H groups in total. The molecule has 4 nitrogen and oxygen atoms in total. The van der Waals surface area contributed by atoms with E-state index in [2.05, 4.69) is 25.6 Å². The van der Waals surface area contributed by atoms with E-state index in [9.17, 15) is 9.90 Å². The van der Waals surface area contributed by atoms with E-state index in [1.54, 1.807) is 0 Å². The fraction of sp³-hybridized carbons (Fsp3) is 0.571. The Bertz CT molecular complexity index is 529. The van der Waals surface area contributed by atoms with Gasteiger partial charge in [0.15, 0.2) is 0 Å². The van der Waals surface area contributed by atoms with E-state index in [1.807, 2.05) is 12.1 Å². The normalized spacial score (nSPS) is 21.4. The molecule has 4 heteroatoms. The van der Waals surface area contributed by atoms with Gasteiger partial charge in [0.2, 0.25) is 0 Å². The van der Waals surface area contributed by atoms with Gasteiger partial charge in [-0.05, 0) is 55.2 Å². The van der Waals surface area contributed by atoms with Crippen molar-refractivity contribution in [3.05, 3.63) is 42.5 Å². The number of rotatable bonds is 9. The van der Waals surface area contributed by atoms with Crippen LogP contribution in [0.1, 0.15) is 56.9 Å². The smallest absolute Gasteiger partial charge is 0.330 e. The van der Waals surface area contributed by atoms with Crippen molar-refractivity contribution in [2.75, 3.05) is 13.2 Å². The van der Waals surface area contributed by atoms with Crippen LogP contribution in [0.2, 0.25) is 0 Å². The van der Waals surface area contributed by atoms with Crippen LogP contribution in [-0.4, -0.2) is 30.4 Å². The first-order valence-electron chi connectivity index (χ1n) is 9.32. The maximum absolute atomic E-state index is 10.9. The molecule has 0 amide bonds. The van der Waals surface area contributed by atoms with E-state index >= 15 is 0 Å². The van der Waals surface area contributed by atoms with Crippen LogP contribution in [0.15, 0.2) is 36.9 Å². The lowest BCUT2D eigenvalue weighted by atomic mass is 9.77. The van der Waals surface area contributed by atoms with E-state index < -0.39 is 12.1 Å². The molecule has 138 valence electrons. The highest BCUT2D eigenvalue weighted by molar-refractivity contribution is 5.81. The third-order valence-electron chi connectivity index (χ3n) is 4.92. The fourth-order valence-corrected chi connectivity index (χ4v) is 3.51. The molecule has 25 heavy (non-hydrogen) atoms. The highest BCUT2D eigenvalue weighted by atomic mass is 16.5. The summed E-state index contributed by atoms with van der Waals surface area (Å²) in [5.74, 6) is 1.75. The average molecular weight is 346 g/mol. The summed E-state index contributed by atoms with van der Waals surface area (Å²) in [6, 6.07) is 8.17.